The summed E-state index contributed by atoms with van der Waals surface area (Å²) in [5, 5.41) is 14.7. The van der Waals surface area contributed by atoms with Crippen molar-refractivity contribution in [2.45, 2.75) is 0 Å². The molecule has 0 aliphatic heterocycles. The molecule has 2 aromatic heterocycles. The van der Waals surface area contributed by atoms with Gasteiger partial charge in [0.25, 0.3) is 0 Å². The number of nitrogens with one attached hydrogen (secondary N) is 2. The summed E-state index contributed by atoms with van der Waals surface area (Å²) in [6, 6.07) is 10.0. The Kier molecular flexibility index (Phi) is 6.38. The monoisotopic (exact) mass is 409 g/mol. The van der Waals surface area contributed by atoms with E-state index in [-0.39, 0.29) is 12.5 Å². The number of benzene rings is 1. The number of pyridine rings is 1. The first kappa shape index (κ1) is 20.5. The van der Waals surface area contributed by atoms with E-state index in [1.807, 2.05) is 6.07 Å². The number of aliphatic carboxylic acids is 1. The number of hydrogen-bond donors (Lipinski definition) is 3. The van der Waals surface area contributed by atoms with Crippen molar-refractivity contribution in [1.82, 2.24) is 15.0 Å². The van der Waals surface area contributed by atoms with Gasteiger partial charge in [-0.05, 0) is 30.3 Å². The fraction of sp³-hybridized carbons (Fsp3) is 0.150. The lowest BCUT2D eigenvalue weighted by atomic mass is 10.1. The van der Waals surface area contributed by atoms with Gasteiger partial charge in [-0.2, -0.15) is 4.98 Å². The molecule has 10 nitrogen and oxygen atoms in total. The van der Waals surface area contributed by atoms with Gasteiger partial charge in [0.2, 0.25) is 5.95 Å². The number of hydrogen-bond acceptors (Lipinski definition) is 9. The van der Waals surface area contributed by atoms with E-state index < -0.39 is 11.9 Å². The van der Waals surface area contributed by atoms with E-state index in [0.717, 1.165) is 5.56 Å². The second-order valence-corrected chi connectivity index (χ2v) is 5.98. The van der Waals surface area contributed by atoms with Crippen LogP contribution >= 0.6 is 0 Å². The number of methoxy groups -OCH3 is 2. The molecule has 0 fully saturated rings. The van der Waals surface area contributed by atoms with Gasteiger partial charge in [0.15, 0.2) is 0 Å². The first-order chi connectivity index (χ1) is 14.5. The van der Waals surface area contributed by atoms with Crippen LogP contribution in [0.1, 0.15) is 10.4 Å². The molecule has 0 saturated heterocycles. The van der Waals surface area contributed by atoms with E-state index in [0.29, 0.717) is 28.5 Å². The van der Waals surface area contributed by atoms with Gasteiger partial charge in [-0.1, -0.05) is 0 Å². The molecular formula is C20H19N5O5. The van der Waals surface area contributed by atoms with Gasteiger partial charge < -0.3 is 25.2 Å². The van der Waals surface area contributed by atoms with Crippen molar-refractivity contribution in [3.63, 3.8) is 0 Å². The van der Waals surface area contributed by atoms with E-state index in [9.17, 15) is 9.59 Å². The number of carbonyl (C=O) groups is 2. The van der Waals surface area contributed by atoms with Crippen molar-refractivity contribution in [3.05, 3.63) is 54.4 Å². The Hall–Kier alpha value is -4.21. The Labute approximate surface area is 171 Å². The first-order valence-corrected chi connectivity index (χ1v) is 8.78. The van der Waals surface area contributed by atoms with Crippen LogP contribution in [0.15, 0.2) is 48.8 Å². The van der Waals surface area contributed by atoms with Crippen molar-refractivity contribution in [1.29, 1.82) is 0 Å². The summed E-state index contributed by atoms with van der Waals surface area (Å²) in [6.45, 7) is -0.350. The Morgan fingerprint density at radius 1 is 1.13 bits per heavy atom. The molecule has 154 valence electrons. The maximum absolute atomic E-state index is 11.9. The van der Waals surface area contributed by atoms with Gasteiger partial charge in [-0.25, -0.2) is 9.78 Å². The second-order valence-electron chi connectivity index (χ2n) is 5.98. The first-order valence-electron chi connectivity index (χ1n) is 8.78. The van der Waals surface area contributed by atoms with Crippen LogP contribution in [-0.2, 0) is 9.53 Å². The highest BCUT2D eigenvalue weighted by Gasteiger charge is 2.13. The molecule has 3 aromatic rings. The van der Waals surface area contributed by atoms with E-state index in [2.05, 4.69) is 25.6 Å². The molecule has 10 heteroatoms. The summed E-state index contributed by atoms with van der Waals surface area (Å²) in [4.78, 5) is 35.5. The summed E-state index contributed by atoms with van der Waals surface area (Å²) in [7, 11) is 2.80. The lowest BCUT2D eigenvalue weighted by molar-refractivity contribution is -0.134. The number of nitrogens with zero attached hydrogens (tertiary/aromatic N) is 3. The minimum Gasteiger partial charge on any atom is -0.495 e. The van der Waals surface area contributed by atoms with Crippen LogP contribution in [0.25, 0.3) is 11.3 Å². The van der Waals surface area contributed by atoms with Crippen LogP contribution in [0.3, 0.4) is 0 Å². The third-order valence-electron chi connectivity index (χ3n) is 3.96. The summed E-state index contributed by atoms with van der Waals surface area (Å²) in [5.74, 6) is -0.596. The van der Waals surface area contributed by atoms with E-state index in [4.69, 9.17) is 14.6 Å². The molecule has 0 radical (unpaired) electrons. The predicted octanol–water partition coefficient (Wildman–Crippen LogP) is 2.57. The number of aromatic nitrogens is 3. The molecule has 0 aliphatic rings. The average molecular weight is 409 g/mol. The van der Waals surface area contributed by atoms with Crippen molar-refractivity contribution < 1.29 is 24.2 Å². The number of rotatable bonds is 8. The molecule has 0 saturated carbocycles. The molecule has 0 bridgehead atoms. The largest absolute Gasteiger partial charge is 0.495 e. The van der Waals surface area contributed by atoms with Crippen LogP contribution in [0.5, 0.6) is 5.75 Å². The molecule has 0 aliphatic carbocycles. The molecule has 3 rings (SSSR count). The number of carboxylic acid groups (broad SMARTS) is 1. The highest BCUT2D eigenvalue weighted by Crippen LogP contribution is 2.30. The fourth-order valence-electron chi connectivity index (χ4n) is 2.60. The summed E-state index contributed by atoms with van der Waals surface area (Å²) >= 11 is 0. The topological polar surface area (TPSA) is 136 Å². The number of ether oxygens (including phenoxy) is 2. The second kappa shape index (κ2) is 9.32. The van der Waals surface area contributed by atoms with E-state index >= 15 is 0 Å². The van der Waals surface area contributed by atoms with Gasteiger partial charge in [-0.15, -0.1) is 0 Å². The van der Waals surface area contributed by atoms with Crippen molar-refractivity contribution >= 4 is 29.4 Å². The van der Waals surface area contributed by atoms with Gasteiger partial charge in [0.05, 0.1) is 31.2 Å². The van der Waals surface area contributed by atoms with Crippen molar-refractivity contribution in [3.8, 4) is 17.0 Å². The van der Waals surface area contributed by atoms with Crippen molar-refractivity contribution in [2.75, 3.05) is 31.4 Å². The van der Waals surface area contributed by atoms with Crippen LogP contribution in [0.2, 0.25) is 0 Å². The third kappa shape index (κ3) is 4.98. The molecule has 30 heavy (non-hydrogen) atoms. The van der Waals surface area contributed by atoms with Crippen LogP contribution in [0, 0.1) is 0 Å². The Morgan fingerprint density at radius 2 is 1.97 bits per heavy atom. The number of carbonyl (C=O) groups excluding carboxylic acids is 1. The number of carboxylic acids is 1. The highest BCUT2D eigenvalue weighted by atomic mass is 16.5. The Morgan fingerprint density at radius 3 is 2.63 bits per heavy atom. The molecule has 0 amide bonds. The van der Waals surface area contributed by atoms with Gasteiger partial charge >= 0.3 is 11.9 Å². The Bertz CT molecular complexity index is 1060. The summed E-state index contributed by atoms with van der Waals surface area (Å²) < 4.78 is 10.1. The highest BCUT2D eigenvalue weighted by molar-refractivity contribution is 5.91. The fourth-order valence-corrected chi connectivity index (χ4v) is 2.60. The maximum atomic E-state index is 11.9. The van der Waals surface area contributed by atoms with E-state index in [1.54, 1.807) is 42.7 Å². The molecule has 1 aromatic carbocycles. The summed E-state index contributed by atoms with van der Waals surface area (Å²) in [5.41, 5.74) is 2.04. The third-order valence-corrected chi connectivity index (χ3v) is 3.96. The SMILES string of the molecule is COC(=O)c1ccc(OC)c(Nc2cc(-c3cccnc3)nc(NCC(=O)O)n2)c1. The lowest BCUT2D eigenvalue weighted by Gasteiger charge is -2.14. The molecular weight excluding hydrogens is 390 g/mol. The van der Waals surface area contributed by atoms with Crippen LogP contribution in [0.4, 0.5) is 17.5 Å². The van der Waals surface area contributed by atoms with Crippen LogP contribution < -0.4 is 15.4 Å². The maximum Gasteiger partial charge on any atom is 0.337 e. The van der Waals surface area contributed by atoms with Gasteiger partial charge in [0, 0.05) is 24.0 Å². The normalized spacial score (nSPS) is 10.2. The van der Waals surface area contributed by atoms with Gasteiger partial charge in [0.1, 0.15) is 18.1 Å². The lowest BCUT2D eigenvalue weighted by Crippen LogP contribution is -2.15. The molecule has 0 atom stereocenters. The smallest absolute Gasteiger partial charge is 0.337 e. The zero-order valence-electron chi connectivity index (χ0n) is 16.2. The zero-order chi connectivity index (χ0) is 21.5. The Balaban J connectivity index is 2.01. The van der Waals surface area contributed by atoms with E-state index in [1.165, 1.54) is 14.2 Å². The zero-order valence-corrected chi connectivity index (χ0v) is 16.2. The minimum absolute atomic E-state index is 0.115. The molecule has 0 unspecified atom stereocenters. The van der Waals surface area contributed by atoms with Gasteiger partial charge in [-0.3, -0.25) is 9.78 Å². The average Bonchev–Trinajstić information content (AvgIpc) is 2.77. The van der Waals surface area contributed by atoms with Crippen molar-refractivity contribution in [2.24, 2.45) is 0 Å². The molecule has 3 N–H and O–H groups in total. The molecule has 0 spiro atoms. The quantitative estimate of drug-likeness (QED) is 0.476. The standard InChI is InChI=1S/C20H19N5O5/c1-29-16-6-5-12(19(28)30-2)8-15(16)23-17-9-14(13-4-3-7-21-10-13)24-20(25-17)22-11-18(26)27/h3-10H,11H2,1-2H3,(H,26,27)(H2,22,23,24,25). The summed E-state index contributed by atoms with van der Waals surface area (Å²) in [6.07, 6.45) is 3.27. The number of anilines is 3. The number of esters is 1. The van der Waals surface area contributed by atoms with Crippen LogP contribution in [-0.4, -0.2) is 52.8 Å². The molecule has 2 heterocycles. The predicted molar refractivity (Wildman–Crippen MR) is 109 cm³/mol. The minimum atomic E-state index is -1.05.